The molecule has 0 amide bonds. The summed E-state index contributed by atoms with van der Waals surface area (Å²) in [6.07, 6.45) is 4.67. The fourth-order valence-corrected chi connectivity index (χ4v) is 2.86. The second-order valence-corrected chi connectivity index (χ2v) is 6.39. The van der Waals surface area contributed by atoms with Crippen LogP contribution in [0.1, 0.15) is 49.6 Å². The second kappa shape index (κ2) is 5.22. The Morgan fingerprint density at radius 1 is 1.45 bits per heavy atom. The van der Waals surface area contributed by atoms with Gasteiger partial charge >= 0.3 is 0 Å². The lowest BCUT2D eigenvalue weighted by Crippen LogP contribution is -2.23. The molecule has 1 aliphatic rings. The van der Waals surface area contributed by atoms with Crippen molar-refractivity contribution in [3.8, 4) is 5.75 Å². The van der Waals surface area contributed by atoms with E-state index in [0.29, 0.717) is 6.04 Å². The van der Waals surface area contributed by atoms with E-state index in [2.05, 4.69) is 34.9 Å². The van der Waals surface area contributed by atoms with Crippen LogP contribution in [0, 0.1) is 0 Å². The molecule has 5 heteroatoms. The topological polar surface area (TPSA) is 53.1 Å². The van der Waals surface area contributed by atoms with Gasteiger partial charge in [-0.2, -0.15) is 5.10 Å². The van der Waals surface area contributed by atoms with Crippen LogP contribution in [0.5, 0.6) is 5.75 Å². The number of ether oxygens (including phenoxy) is 1. The molecule has 106 valence electrons. The molecule has 2 atom stereocenters. The van der Waals surface area contributed by atoms with E-state index < -0.39 is 0 Å². The van der Waals surface area contributed by atoms with Crippen molar-refractivity contribution >= 4 is 15.9 Å². The fraction of sp³-hybridized carbons (Fsp3) is 0.400. The normalized spacial score (nSPS) is 21.6. The van der Waals surface area contributed by atoms with Crippen molar-refractivity contribution in [2.45, 2.75) is 38.5 Å². The highest BCUT2D eigenvalue weighted by atomic mass is 79.9. The van der Waals surface area contributed by atoms with Crippen molar-refractivity contribution < 1.29 is 4.74 Å². The Balaban J connectivity index is 1.88. The molecule has 0 saturated heterocycles. The third kappa shape index (κ3) is 2.47. The minimum absolute atomic E-state index is 0.0105. The summed E-state index contributed by atoms with van der Waals surface area (Å²) in [4.78, 5) is 0. The van der Waals surface area contributed by atoms with Gasteiger partial charge in [-0.05, 0) is 32.0 Å². The summed E-state index contributed by atoms with van der Waals surface area (Å²) in [7, 11) is 0. The first-order chi connectivity index (χ1) is 9.54. The van der Waals surface area contributed by atoms with Crippen molar-refractivity contribution in [3.63, 3.8) is 0 Å². The van der Waals surface area contributed by atoms with E-state index in [0.717, 1.165) is 27.8 Å². The summed E-state index contributed by atoms with van der Waals surface area (Å²) in [6.45, 7) is 4.22. The van der Waals surface area contributed by atoms with Crippen LogP contribution in [0.25, 0.3) is 0 Å². The highest BCUT2D eigenvalue weighted by Crippen LogP contribution is 2.40. The first-order valence-electron chi connectivity index (χ1n) is 6.80. The summed E-state index contributed by atoms with van der Waals surface area (Å²) in [6, 6.07) is 6.32. The van der Waals surface area contributed by atoms with Crippen molar-refractivity contribution in [3.05, 3.63) is 46.2 Å². The van der Waals surface area contributed by atoms with Crippen LogP contribution in [0.4, 0.5) is 0 Å². The third-order valence-corrected chi connectivity index (χ3v) is 4.12. The van der Waals surface area contributed by atoms with Gasteiger partial charge in [0.25, 0.3) is 0 Å². The molecule has 0 saturated carbocycles. The van der Waals surface area contributed by atoms with Crippen LogP contribution in [-0.4, -0.2) is 9.78 Å². The van der Waals surface area contributed by atoms with Gasteiger partial charge in [0.05, 0.1) is 6.20 Å². The van der Waals surface area contributed by atoms with Gasteiger partial charge in [-0.25, -0.2) is 0 Å². The number of hydrogen-bond donors (Lipinski definition) is 1. The molecule has 0 spiro atoms. The zero-order valence-electron chi connectivity index (χ0n) is 11.6. The molecule has 20 heavy (non-hydrogen) atoms. The Kier molecular flexibility index (Phi) is 3.56. The Morgan fingerprint density at radius 3 is 2.95 bits per heavy atom. The fourth-order valence-electron chi connectivity index (χ4n) is 2.48. The molecule has 1 aliphatic heterocycles. The predicted molar refractivity (Wildman–Crippen MR) is 81.7 cm³/mol. The van der Waals surface area contributed by atoms with E-state index in [1.165, 1.54) is 0 Å². The zero-order chi connectivity index (χ0) is 14.3. The van der Waals surface area contributed by atoms with E-state index in [4.69, 9.17) is 10.5 Å². The maximum absolute atomic E-state index is 6.28. The Labute approximate surface area is 127 Å². The molecule has 0 bridgehead atoms. The van der Waals surface area contributed by atoms with Gasteiger partial charge < -0.3 is 10.5 Å². The number of rotatable bonds is 2. The monoisotopic (exact) mass is 335 g/mol. The molecule has 2 N–H and O–H groups in total. The standard InChI is InChI=1S/C15H18BrN3O/c1-9(2)19-8-10(7-18-19)15-6-13(17)12-5-11(16)3-4-14(12)20-15/h3-5,7-9,13,15H,6,17H2,1-2H3. The first-order valence-corrected chi connectivity index (χ1v) is 7.59. The van der Waals surface area contributed by atoms with Crippen LogP contribution >= 0.6 is 15.9 Å². The summed E-state index contributed by atoms with van der Waals surface area (Å²) in [5, 5.41) is 4.37. The lowest BCUT2D eigenvalue weighted by atomic mass is 9.95. The molecule has 2 heterocycles. The molecule has 0 aliphatic carbocycles. The molecule has 0 fully saturated rings. The summed E-state index contributed by atoms with van der Waals surface area (Å²) >= 11 is 3.47. The van der Waals surface area contributed by atoms with Crippen LogP contribution in [0.2, 0.25) is 0 Å². The van der Waals surface area contributed by atoms with E-state index in [1.807, 2.05) is 35.3 Å². The number of nitrogens with zero attached hydrogens (tertiary/aromatic N) is 2. The van der Waals surface area contributed by atoms with Crippen LogP contribution in [0.3, 0.4) is 0 Å². The number of halogens is 1. The number of benzene rings is 1. The lowest BCUT2D eigenvalue weighted by molar-refractivity contribution is 0.161. The Hall–Kier alpha value is -1.33. The largest absolute Gasteiger partial charge is 0.485 e. The average Bonchev–Trinajstić information content (AvgIpc) is 2.89. The molecule has 1 aromatic heterocycles. The van der Waals surface area contributed by atoms with E-state index in [-0.39, 0.29) is 12.1 Å². The van der Waals surface area contributed by atoms with Gasteiger partial charge in [0.1, 0.15) is 11.9 Å². The SMILES string of the molecule is CC(C)n1cc(C2CC(N)c3cc(Br)ccc3O2)cn1. The van der Waals surface area contributed by atoms with Gasteiger partial charge in [-0.3, -0.25) is 4.68 Å². The lowest BCUT2D eigenvalue weighted by Gasteiger charge is -2.30. The van der Waals surface area contributed by atoms with E-state index in [1.54, 1.807) is 0 Å². The van der Waals surface area contributed by atoms with Crippen molar-refractivity contribution in [2.24, 2.45) is 5.73 Å². The molecular formula is C15H18BrN3O. The van der Waals surface area contributed by atoms with Crippen LogP contribution < -0.4 is 10.5 Å². The molecule has 2 unspecified atom stereocenters. The second-order valence-electron chi connectivity index (χ2n) is 5.48. The quantitative estimate of drug-likeness (QED) is 0.909. The smallest absolute Gasteiger partial charge is 0.129 e. The minimum atomic E-state index is -0.0221. The van der Waals surface area contributed by atoms with E-state index >= 15 is 0 Å². The van der Waals surface area contributed by atoms with E-state index in [9.17, 15) is 0 Å². The molecule has 0 radical (unpaired) electrons. The Morgan fingerprint density at radius 2 is 2.25 bits per heavy atom. The average molecular weight is 336 g/mol. The highest BCUT2D eigenvalue weighted by Gasteiger charge is 2.28. The first kappa shape index (κ1) is 13.6. The molecule has 2 aromatic rings. The molecule has 3 rings (SSSR count). The summed E-state index contributed by atoms with van der Waals surface area (Å²) in [5.41, 5.74) is 8.43. The van der Waals surface area contributed by atoms with Gasteiger partial charge in [0, 0.05) is 40.3 Å². The summed E-state index contributed by atoms with van der Waals surface area (Å²) in [5.74, 6) is 0.870. The number of aromatic nitrogens is 2. The van der Waals surface area contributed by atoms with Crippen molar-refractivity contribution in [2.75, 3.05) is 0 Å². The van der Waals surface area contributed by atoms with Gasteiger partial charge in [0.15, 0.2) is 0 Å². The number of fused-ring (bicyclic) bond motifs is 1. The van der Waals surface area contributed by atoms with Gasteiger partial charge in [-0.15, -0.1) is 0 Å². The van der Waals surface area contributed by atoms with Crippen LogP contribution in [0.15, 0.2) is 35.1 Å². The Bertz CT molecular complexity index is 623. The highest BCUT2D eigenvalue weighted by molar-refractivity contribution is 9.10. The maximum atomic E-state index is 6.28. The zero-order valence-corrected chi connectivity index (χ0v) is 13.2. The van der Waals surface area contributed by atoms with Crippen LogP contribution in [-0.2, 0) is 0 Å². The predicted octanol–water partition coefficient (Wildman–Crippen LogP) is 3.75. The number of nitrogens with two attached hydrogens (primary N) is 1. The maximum Gasteiger partial charge on any atom is 0.129 e. The van der Waals surface area contributed by atoms with Gasteiger partial charge in [0.2, 0.25) is 0 Å². The minimum Gasteiger partial charge on any atom is -0.485 e. The molecular weight excluding hydrogens is 318 g/mol. The number of hydrogen-bond acceptors (Lipinski definition) is 3. The van der Waals surface area contributed by atoms with Gasteiger partial charge in [-0.1, -0.05) is 15.9 Å². The third-order valence-electron chi connectivity index (χ3n) is 3.63. The van der Waals surface area contributed by atoms with Crippen molar-refractivity contribution in [1.82, 2.24) is 9.78 Å². The van der Waals surface area contributed by atoms with Crippen molar-refractivity contribution in [1.29, 1.82) is 0 Å². The molecule has 4 nitrogen and oxygen atoms in total. The summed E-state index contributed by atoms with van der Waals surface area (Å²) < 4.78 is 9.06. The molecule has 1 aromatic carbocycles.